The molecule has 0 aromatic carbocycles. The van der Waals surface area contributed by atoms with Crippen molar-refractivity contribution in [3.63, 3.8) is 0 Å². The zero-order valence-corrected chi connectivity index (χ0v) is 22.8. The van der Waals surface area contributed by atoms with Gasteiger partial charge in [-0.15, -0.1) is 16.4 Å². The van der Waals surface area contributed by atoms with Crippen molar-refractivity contribution in [2.24, 2.45) is 0 Å². The van der Waals surface area contributed by atoms with E-state index in [1.165, 1.54) is 24.7 Å². The molecule has 0 unspecified atom stereocenters. The number of carbonyl (C=O) groups excluding carboxylic acids is 1. The van der Waals surface area contributed by atoms with Crippen LogP contribution in [-0.4, -0.2) is 43.8 Å². The number of urea groups is 1. The Morgan fingerprint density at radius 2 is 1.90 bits per heavy atom. The average molecular weight is 589 g/mol. The number of rotatable bonds is 8. The number of anilines is 1. The highest BCUT2D eigenvalue weighted by Gasteiger charge is 2.38. The number of H-pyrrole nitrogens is 1. The quantitative estimate of drug-likeness (QED) is 0.220. The van der Waals surface area contributed by atoms with Crippen molar-refractivity contribution in [1.82, 2.24) is 35.8 Å². The third-order valence-electron chi connectivity index (χ3n) is 6.57. The lowest BCUT2D eigenvalue weighted by Gasteiger charge is -2.22. The maximum atomic E-state index is 14.1. The summed E-state index contributed by atoms with van der Waals surface area (Å²) in [7, 11) is 0. The molecule has 1 aliphatic rings. The first kappa shape index (κ1) is 28.4. The van der Waals surface area contributed by atoms with Gasteiger partial charge >= 0.3 is 18.0 Å². The van der Waals surface area contributed by atoms with Crippen LogP contribution in [0, 0.1) is 0 Å². The monoisotopic (exact) mass is 588 g/mol. The molecule has 4 heterocycles. The molecule has 1 aliphatic carbocycles. The number of amides is 2. The van der Waals surface area contributed by atoms with Gasteiger partial charge in [-0.25, -0.2) is 24.7 Å². The normalized spacial score (nSPS) is 14.2. The molecule has 0 saturated heterocycles. The van der Waals surface area contributed by atoms with Crippen LogP contribution in [0.4, 0.5) is 23.8 Å². The minimum atomic E-state index is -4.66. The zero-order chi connectivity index (χ0) is 29.0. The molecule has 0 bridgehead atoms. The Morgan fingerprint density at radius 3 is 2.61 bits per heavy atom. The predicted molar refractivity (Wildman–Crippen MR) is 146 cm³/mol. The molecular formula is C26H27F3N8O3S. The molecule has 0 spiro atoms. The molecule has 11 nitrogen and oxygen atoms in total. The van der Waals surface area contributed by atoms with Gasteiger partial charge in [-0.3, -0.25) is 10.3 Å². The molecule has 1 saturated carbocycles. The number of alkyl halides is 3. The van der Waals surface area contributed by atoms with E-state index in [0.29, 0.717) is 28.8 Å². The van der Waals surface area contributed by atoms with E-state index in [1.807, 2.05) is 0 Å². The number of carbonyl (C=O) groups is 1. The van der Waals surface area contributed by atoms with Crippen LogP contribution in [0.5, 0.6) is 0 Å². The molecule has 41 heavy (non-hydrogen) atoms. The molecule has 4 N–H and O–H groups in total. The summed E-state index contributed by atoms with van der Waals surface area (Å²) >= 11 is 0.931. The minimum absolute atomic E-state index is 0.00179. The van der Waals surface area contributed by atoms with Gasteiger partial charge in [0.15, 0.2) is 5.69 Å². The van der Waals surface area contributed by atoms with Crippen LogP contribution < -0.4 is 21.7 Å². The fourth-order valence-corrected chi connectivity index (χ4v) is 5.72. The summed E-state index contributed by atoms with van der Waals surface area (Å²) in [4.78, 5) is 36.2. The number of nitrogens with one attached hydrogen (secondary N) is 4. The van der Waals surface area contributed by atoms with Crippen LogP contribution in [0.25, 0.3) is 33.2 Å². The molecule has 216 valence electrons. The molecule has 0 aliphatic heterocycles. The predicted octanol–water partition coefficient (Wildman–Crippen LogP) is 5.19. The molecule has 15 heteroatoms. The van der Waals surface area contributed by atoms with E-state index in [1.54, 1.807) is 13.0 Å². The van der Waals surface area contributed by atoms with E-state index >= 15 is 0 Å². The van der Waals surface area contributed by atoms with Crippen molar-refractivity contribution in [2.45, 2.75) is 57.8 Å². The Morgan fingerprint density at radius 1 is 1.12 bits per heavy atom. The topological polar surface area (TPSA) is 151 Å². The summed E-state index contributed by atoms with van der Waals surface area (Å²) in [6.45, 7) is 2.16. The number of hydrogen-bond acceptors (Lipinski definition) is 9. The van der Waals surface area contributed by atoms with Gasteiger partial charge in [-0.2, -0.15) is 13.2 Å². The lowest BCUT2D eigenvalue weighted by molar-refractivity contribution is -0.141. The zero-order valence-electron chi connectivity index (χ0n) is 22.0. The van der Waals surface area contributed by atoms with Gasteiger partial charge in [0, 0.05) is 54.4 Å². The van der Waals surface area contributed by atoms with Crippen molar-refractivity contribution in [3.8, 4) is 33.2 Å². The van der Waals surface area contributed by atoms with Crippen LogP contribution in [0.1, 0.15) is 49.6 Å². The molecule has 4 aromatic heterocycles. The van der Waals surface area contributed by atoms with Crippen molar-refractivity contribution >= 4 is 23.2 Å². The van der Waals surface area contributed by atoms with Gasteiger partial charge in [-0.05, 0) is 31.9 Å². The van der Waals surface area contributed by atoms with E-state index in [2.05, 4.69) is 41.1 Å². The third kappa shape index (κ3) is 6.79. The third-order valence-corrected chi connectivity index (χ3v) is 7.66. The van der Waals surface area contributed by atoms with Gasteiger partial charge in [-0.1, -0.05) is 19.3 Å². The molecule has 0 radical (unpaired) electrons. The van der Waals surface area contributed by atoms with Gasteiger partial charge in [0.2, 0.25) is 0 Å². The van der Waals surface area contributed by atoms with E-state index < -0.39 is 23.7 Å². The summed E-state index contributed by atoms with van der Waals surface area (Å²) in [5.41, 5.74) is 0.600. The fraction of sp³-hybridized carbons (Fsp3) is 0.385. The first-order chi connectivity index (χ1) is 19.7. The molecule has 2 amide bonds. The maximum Gasteiger partial charge on any atom is 0.434 e. The Balaban J connectivity index is 1.57. The van der Waals surface area contributed by atoms with Gasteiger partial charge in [0.25, 0.3) is 5.89 Å². The lowest BCUT2D eigenvalue weighted by Crippen LogP contribution is -2.30. The number of nitrogens with zero attached hydrogens (tertiary/aromatic N) is 4. The SMILES string of the molecule is CCNC(=O)Nc1cc(-c2nc(C(F)(F)F)c(CNC3CCCCC3)s2)c(-c2cncc(-c3n[nH]c(=O)o3)c2)cn1. The average Bonchev–Trinajstić information content (AvgIpc) is 3.59. The van der Waals surface area contributed by atoms with E-state index in [-0.39, 0.29) is 34.2 Å². The summed E-state index contributed by atoms with van der Waals surface area (Å²) in [6.07, 6.45) is 4.78. The molecule has 5 rings (SSSR count). The number of pyridine rings is 2. The molecular weight excluding hydrogens is 561 g/mol. The van der Waals surface area contributed by atoms with Crippen LogP contribution >= 0.6 is 11.3 Å². The number of aromatic nitrogens is 5. The highest BCUT2D eigenvalue weighted by atomic mass is 32.1. The number of aromatic amines is 1. The smallest absolute Gasteiger partial charge is 0.388 e. The Hall–Kier alpha value is -4.11. The highest BCUT2D eigenvalue weighted by Crippen LogP contribution is 2.41. The van der Waals surface area contributed by atoms with Crippen molar-refractivity contribution in [2.75, 3.05) is 11.9 Å². The summed E-state index contributed by atoms with van der Waals surface area (Å²) < 4.78 is 47.4. The second-order valence-corrected chi connectivity index (χ2v) is 10.6. The van der Waals surface area contributed by atoms with E-state index in [0.717, 1.165) is 43.4 Å². The van der Waals surface area contributed by atoms with Crippen LogP contribution in [0.2, 0.25) is 0 Å². The number of halogens is 3. The van der Waals surface area contributed by atoms with Gasteiger partial charge < -0.3 is 15.1 Å². The van der Waals surface area contributed by atoms with Gasteiger partial charge in [0.05, 0.1) is 10.4 Å². The number of thiazole rings is 1. The molecule has 4 aromatic rings. The summed E-state index contributed by atoms with van der Waals surface area (Å²) in [5, 5.41) is 14.6. The van der Waals surface area contributed by atoms with Crippen molar-refractivity contribution < 1.29 is 22.4 Å². The first-order valence-corrected chi connectivity index (χ1v) is 13.9. The van der Waals surface area contributed by atoms with Crippen molar-refractivity contribution in [3.05, 3.63) is 51.8 Å². The van der Waals surface area contributed by atoms with E-state index in [9.17, 15) is 22.8 Å². The first-order valence-electron chi connectivity index (χ1n) is 13.1. The largest absolute Gasteiger partial charge is 0.434 e. The van der Waals surface area contributed by atoms with Crippen LogP contribution in [-0.2, 0) is 12.7 Å². The van der Waals surface area contributed by atoms with Crippen LogP contribution in [0.15, 0.2) is 39.9 Å². The summed E-state index contributed by atoms with van der Waals surface area (Å²) in [6, 6.07) is 2.75. The van der Waals surface area contributed by atoms with Crippen LogP contribution in [0.3, 0.4) is 0 Å². The Bertz CT molecular complexity index is 1580. The van der Waals surface area contributed by atoms with Gasteiger partial charge in [0.1, 0.15) is 10.8 Å². The minimum Gasteiger partial charge on any atom is -0.388 e. The summed E-state index contributed by atoms with van der Waals surface area (Å²) in [5.74, 6) is -0.619. The maximum absolute atomic E-state index is 14.1. The Kier molecular flexibility index (Phi) is 8.44. The number of hydrogen-bond donors (Lipinski definition) is 4. The second kappa shape index (κ2) is 12.2. The fourth-order valence-electron chi connectivity index (χ4n) is 4.66. The lowest BCUT2D eigenvalue weighted by atomic mass is 9.95. The Labute approximate surface area is 236 Å². The molecule has 0 atom stereocenters. The molecule has 1 fully saturated rings. The highest BCUT2D eigenvalue weighted by molar-refractivity contribution is 7.15. The van der Waals surface area contributed by atoms with Crippen molar-refractivity contribution in [1.29, 1.82) is 0 Å². The standard InChI is InChI=1S/C26H27F3N8O3S/c1-2-31-24(38)34-20-9-17(18(12-33-20)14-8-15(11-30-10-14)22-36-37-25(39)40-22)23-35-21(26(27,28)29)19(41-23)13-32-16-6-4-3-5-7-16/h8-12,16,32H,2-7,13H2,1H3,(H,37,39)(H2,31,33,34,38). The second-order valence-electron chi connectivity index (χ2n) is 9.48. The van der Waals surface area contributed by atoms with E-state index in [4.69, 9.17) is 4.42 Å².